The lowest BCUT2D eigenvalue weighted by atomic mass is 10.1. The number of pyridine rings is 1. The van der Waals surface area contributed by atoms with Crippen LogP contribution < -0.4 is 4.74 Å². The van der Waals surface area contributed by atoms with Gasteiger partial charge in [-0.2, -0.15) is 0 Å². The molecule has 0 bridgehead atoms. The first-order chi connectivity index (χ1) is 8.85. The number of halogens is 5. The van der Waals surface area contributed by atoms with Crippen LogP contribution in [0.4, 0.5) is 22.0 Å². The van der Waals surface area contributed by atoms with E-state index in [2.05, 4.69) is 9.72 Å². The maximum atomic E-state index is 13.4. The Kier molecular flexibility index (Phi) is 3.37. The van der Waals surface area contributed by atoms with Gasteiger partial charge in [0, 0.05) is 11.6 Å². The summed E-state index contributed by atoms with van der Waals surface area (Å²) in [5.41, 5.74) is 0.0620. The molecule has 0 aliphatic rings. The molecule has 1 aromatic carbocycles. The monoisotopic (exact) mass is 275 g/mol. The zero-order valence-corrected chi connectivity index (χ0v) is 9.21. The van der Waals surface area contributed by atoms with Gasteiger partial charge in [-0.3, -0.25) is 4.98 Å². The largest absolute Gasteiger partial charge is 0.573 e. The molecule has 0 spiro atoms. The summed E-state index contributed by atoms with van der Waals surface area (Å²) >= 11 is 0. The van der Waals surface area contributed by atoms with Gasteiger partial charge in [0.2, 0.25) is 0 Å². The number of ether oxygens (including phenoxy) is 1. The van der Waals surface area contributed by atoms with Crippen LogP contribution in [-0.4, -0.2) is 11.3 Å². The van der Waals surface area contributed by atoms with Crippen molar-refractivity contribution in [3.05, 3.63) is 48.2 Å². The molecular weight excluding hydrogens is 269 g/mol. The molecule has 0 aliphatic heterocycles. The van der Waals surface area contributed by atoms with Crippen molar-refractivity contribution in [1.29, 1.82) is 0 Å². The summed E-state index contributed by atoms with van der Waals surface area (Å²) in [5.74, 6) is -2.17. The molecule has 1 heterocycles. The molecule has 1 aromatic heterocycles. The fraction of sp³-hybridized carbons (Fsp3) is 0.0833. The van der Waals surface area contributed by atoms with Gasteiger partial charge in [0.1, 0.15) is 17.3 Å². The van der Waals surface area contributed by atoms with Crippen LogP contribution in [0.5, 0.6) is 5.75 Å². The number of alkyl halides is 3. The lowest BCUT2D eigenvalue weighted by Gasteiger charge is -2.09. The number of rotatable bonds is 2. The fourth-order valence-corrected chi connectivity index (χ4v) is 1.44. The second-order valence-corrected chi connectivity index (χ2v) is 3.56. The van der Waals surface area contributed by atoms with E-state index < -0.39 is 23.7 Å². The van der Waals surface area contributed by atoms with Crippen LogP contribution in [0, 0.1) is 11.6 Å². The van der Waals surface area contributed by atoms with Crippen LogP contribution in [-0.2, 0) is 0 Å². The van der Waals surface area contributed by atoms with Crippen molar-refractivity contribution in [1.82, 2.24) is 4.98 Å². The first-order valence-electron chi connectivity index (χ1n) is 5.02. The predicted octanol–water partition coefficient (Wildman–Crippen LogP) is 3.93. The summed E-state index contributed by atoms with van der Waals surface area (Å²) in [5, 5.41) is 0. The molecule has 2 nitrogen and oxygen atoms in total. The third-order valence-electron chi connectivity index (χ3n) is 2.17. The van der Waals surface area contributed by atoms with E-state index >= 15 is 0 Å². The number of hydrogen-bond donors (Lipinski definition) is 0. The van der Waals surface area contributed by atoms with E-state index in [1.165, 1.54) is 12.1 Å². The van der Waals surface area contributed by atoms with E-state index in [9.17, 15) is 22.0 Å². The Bertz CT molecular complexity index is 580. The van der Waals surface area contributed by atoms with Gasteiger partial charge in [0.05, 0.1) is 6.20 Å². The minimum atomic E-state index is -4.79. The van der Waals surface area contributed by atoms with Crippen molar-refractivity contribution < 1.29 is 26.7 Å². The van der Waals surface area contributed by atoms with E-state index in [0.29, 0.717) is 6.07 Å². The second kappa shape index (κ2) is 4.83. The summed E-state index contributed by atoms with van der Waals surface area (Å²) in [4.78, 5) is 3.54. The Hall–Kier alpha value is -2.18. The number of hydrogen-bond acceptors (Lipinski definition) is 2. The highest BCUT2D eigenvalue weighted by molar-refractivity contribution is 5.60. The Morgan fingerprint density at radius 2 is 1.63 bits per heavy atom. The van der Waals surface area contributed by atoms with Gasteiger partial charge in [-0.25, -0.2) is 8.78 Å². The van der Waals surface area contributed by atoms with Gasteiger partial charge in [0.15, 0.2) is 5.82 Å². The number of nitrogens with zero attached hydrogens (tertiary/aromatic N) is 1. The molecule has 100 valence electrons. The van der Waals surface area contributed by atoms with E-state index in [1.54, 1.807) is 0 Å². The molecule has 0 saturated heterocycles. The molecule has 2 aromatic rings. The third-order valence-corrected chi connectivity index (χ3v) is 2.17. The lowest BCUT2D eigenvalue weighted by Crippen LogP contribution is -2.16. The predicted molar refractivity (Wildman–Crippen MR) is 56.3 cm³/mol. The fourth-order valence-electron chi connectivity index (χ4n) is 1.44. The van der Waals surface area contributed by atoms with Crippen molar-refractivity contribution >= 4 is 0 Å². The summed E-state index contributed by atoms with van der Waals surface area (Å²) in [6.45, 7) is 0. The Morgan fingerprint density at radius 3 is 2.16 bits per heavy atom. The molecule has 0 N–H and O–H groups in total. The van der Waals surface area contributed by atoms with Gasteiger partial charge >= 0.3 is 6.36 Å². The molecule has 0 radical (unpaired) electrons. The molecule has 0 amide bonds. The second-order valence-electron chi connectivity index (χ2n) is 3.56. The smallest absolute Gasteiger partial charge is 0.406 e. The van der Waals surface area contributed by atoms with Crippen LogP contribution in [0.2, 0.25) is 0 Å². The van der Waals surface area contributed by atoms with E-state index in [1.807, 2.05) is 0 Å². The van der Waals surface area contributed by atoms with Gasteiger partial charge in [-0.15, -0.1) is 13.2 Å². The molecule has 0 saturated carbocycles. The minimum absolute atomic E-state index is 0.153. The van der Waals surface area contributed by atoms with Crippen molar-refractivity contribution in [2.75, 3.05) is 0 Å². The first-order valence-corrected chi connectivity index (χ1v) is 5.02. The van der Waals surface area contributed by atoms with Crippen LogP contribution in [0.1, 0.15) is 0 Å². The number of benzene rings is 1. The van der Waals surface area contributed by atoms with E-state index in [4.69, 9.17) is 0 Å². The quantitative estimate of drug-likeness (QED) is 0.775. The van der Waals surface area contributed by atoms with Gasteiger partial charge in [-0.1, -0.05) is 0 Å². The summed E-state index contributed by atoms with van der Waals surface area (Å²) in [6.07, 6.45) is -3.97. The highest BCUT2D eigenvalue weighted by atomic mass is 19.4. The minimum Gasteiger partial charge on any atom is -0.406 e. The third kappa shape index (κ3) is 3.40. The Morgan fingerprint density at radius 1 is 1.00 bits per heavy atom. The van der Waals surface area contributed by atoms with Crippen LogP contribution in [0.25, 0.3) is 11.3 Å². The van der Waals surface area contributed by atoms with Crippen molar-refractivity contribution in [3.63, 3.8) is 0 Å². The molecule has 2 rings (SSSR count). The molecule has 0 aliphatic carbocycles. The molecule has 0 fully saturated rings. The lowest BCUT2D eigenvalue weighted by molar-refractivity contribution is -0.274. The molecule has 7 heteroatoms. The highest BCUT2D eigenvalue weighted by Gasteiger charge is 2.31. The van der Waals surface area contributed by atoms with Crippen molar-refractivity contribution in [2.45, 2.75) is 6.36 Å². The van der Waals surface area contributed by atoms with Gasteiger partial charge in [-0.05, 0) is 24.3 Å². The zero-order chi connectivity index (χ0) is 14.0. The van der Waals surface area contributed by atoms with Gasteiger partial charge in [0.25, 0.3) is 0 Å². The average molecular weight is 275 g/mol. The van der Waals surface area contributed by atoms with Gasteiger partial charge < -0.3 is 4.74 Å². The maximum Gasteiger partial charge on any atom is 0.573 e. The summed E-state index contributed by atoms with van der Waals surface area (Å²) in [6, 6.07) is 5.08. The Labute approximate surface area is 104 Å². The van der Waals surface area contributed by atoms with E-state index in [-0.39, 0.29) is 11.3 Å². The normalized spacial score (nSPS) is 11.4. The molecule has 0 unspecified atom stereocenters. The Balaban J connectivity index is 2.27. The molecular formula is C12H6F5NO. The van der Waals surface area contributed by atoms with Crippen molar-refractivity contribution in [2.24, 2.45) is 0 Å². The van der Waals surface area contributed by atoms with Crippen LogP contribution in [0.15, 0.2) is 36.5 Å². The number of aromatic nitrogens is 1. The first kappa shape index (κ1) is 13.3. The summed E-state index contributed by atoms with van der Waals surface area (Å²) in [7, 11) is 0. The SMILES string of the molecule is Fc1cnc(-c2ccc(OC(F)(F)F)cc2)c(F)c1. The van der Waals surface area contributed by atoms with Crippen LogP contribution >= 0.6 is 0 Å². The topological polar surface area (TPSA) is 22.1 Å². The molecule has 0 atom stereocenters. The molecule has 19 heavy (non-hydrogen) atoms. The summed E-state index contributed by atoms with van der Waals surface area (Å²) < 4.78 is 65.5. The highest BCUT2D eigenvalue weighted by Crippen LogP contribution is 2.26. The average Bonchev–Trinajstić information content (AvgIpc) is 2.28. The maximum absolute atomic E-state index is 13.4. The van der Waals surface area contributed by atoms with Crippen molar-refractivity contribution in [3.8, 4) is 17.0 Å². The van der Waals surface area contributed by atoms with Crippen LogP contribution in [0.3, 0.4) is 0 Å². The standard InChI is InChI=1S/C12H6F5NO/c13-8-5-10(14)11(18-6-8)7-1-3-9(4-2-7)19-12(15,16)17/h1-6H. The zero-order valence-electron chi connectivity index (χ0n) is 9.21. The van der Waals surface area contributed by atoms with E-state index in [0.717, 1.165) is 18.3 Å².